The molecule has 0 bridgehead atoms. The molecule has 0 aliphatic rings. The van der Waals surface area contributed by atoms with E-state index in [4.69, 9.17) is 0 Å². The summed E-state index contributed by atoms with van der Waals surface area (Å²) < 4.78 is 2.15. The standard InChI is InChI=1S/C13H18N4/c1-10(2)17-9-11(3)16-13(17)15-8-12-4-6-14-7-5-12/h4-7,9-10H,8H2,1-3H3,(H,15,16). The third-order valence-electron chi connectivity index (χ3n) is 2.61. The number of anilines is 1. The highest BCUT2D eigenvalue weighted by Crippen LogP contribution is 2.15. The zero-order valence-electron chi connectivity index (χ0n) is 10.5. The third kappa shape index (κ3) is 2.84. The number of aromatic nitrogens is 3. The first-order valence-electron chi connectivity index (χ1n) is 5.85. The van der Waals surface area contributed by atoms with Gasteiger partial charge in [0.05, 0.1) is 5.69 Å². The van der Waals surface area contributed by atoms with Crippen molar-refractivity contribution < 1.29 is 0 Å². The Morgan fingerprint density at radius 3 is 2.65 bits per heavy atom. The van der Waals surface area contributed by atoms with E-state index in [2.05, 4.69) is 39.9 Å². The van der Waals surface area contributed by atoms with Crippen LogP contribution in [0.15, 0.2) is 30.7 Å². The second-order valence-corrected chi connectivity index (χ2v) is 4.42. The zero-order valence-corrected chi connectivity index (χ0v) is 10.5. The van der Waals surface area contributed by atoms with E-state index >= 15 is 0 Å². The van der Waals surface area contributed by atoms with Crippen LogP contribution in [0.3, 0.4) is 0 Å². The lowest BCUT2D eigenvalue weighted by molar-refractivity contribution is 0.604. The Labute approximate surface area is 102 Å². The molecular formula is C13H18N4. The van der Waals surface area contributed by atoms with Crippen molar-refractivity contribution in [2.45, 2.75) is 33.4 Å². The summed E-state index contributed by atoms with van der Waals surface area (Å²) in [6, 6.07) is 4.42. The van der Waals surface area contributed by atoms with E-state index in [9.17, 15) is 0 Å². The number of imidazole rings is 1. The summed E-state index contributed by atoms with van der Waals surface area (Å²) in [5.74, 6) is 0.925. The maximum Gasteiger partial charge on any atom is 0.203 e. The lowest BCUT2D eigenvalue weighted by Crippen LogP contribution is -2.08. The lowest BCUT2D eigenvalue weighted by Gasteiger charge is -2.12. The molecule has 0 saturated heterocycles. The van der Waals surface area contributed by atoms with Crippen LogP contribution in [0, 0.1) is 6.92 Å². The second-order valence-electron chi connectivity index (χ2n) is 4.42. The van der Waals surface area contributed by atoms with Crippen molar-refractivity contribution in [2.24, 2.45) is 0 Å². The van der Waals surface area contributed by atoms with E-state index in [1.165, 1.54) is 5.56 Å². The molecule has 2 rings (SSSR count). The molecule has 2 heterocycles. The van der Waals surface area contributed by atoms with Crippen LogP contribution < -0.4 is 5.32 Å². The minimum atomic E-state index is 0.413. The number of aryl methyl sites for hydroxylation is 1. The van der Waals surface area contributed by atoms with Crippen molar-refractivity contribution in [2.75, 3.05) is 5.32 Å². The molecule has 2 aromatic rings. The fourth-order valence-electron chi connectivity index (χ4n) is 1.72. The molecule has 0 unspecified atom stereocenters. The Kier molecular flexibility index (Phi) is 3.42. The molecule has 0 aliphatic carbocycles. The minimum absolute atomic E-state index is 0.413. The number of rotatable bonds is 4. The van der Waals surface area contributed by atoms with Crippen LogP contribution in [0.2, 0.25) is 0 Å². The van der Waals surface area contributed by atoms with Gasteiger partial charge in [-0.1, -0.05) is 0 Å². The van der Waals surface area contributed by atoms with Gasteiger partial charge in [-0.05, 0) is 38.5 Å². The highest BCUT2D eigenvalue weighted by atomic mass is 15.2. The van der Waals surface area contributed by atoms with Crippen molar-refractivity contribution in [3.63, 3.8) is 0 Å². The molecule has 4 nitrogen and oxygen atoms in total. The summed E-state index contributed by atoms with van der Waals surface area (Å²) in [4.78, 5) is 8.48. The molecular weight excluding hydrogens is 212 g/mol. The predicted molar refractivity (Wildman–Crippen MR) is 68.9 cm³/mol. The van der Waals surface area contributed by atoms with Gasteiger partial charge >= 0.3 is 0 Å². The molecule has 0 fully saturated rings. The average molecular weight is 230 g/mol. The summed E-state index contributed by atoms with van der Waals surface area (Å²) in [5.41, 5.74) is 2.24. The van der Waals surface area contributed by atoms with E-state index in [0.717, 1.165) is 18.2 Å². The van der Waals surface area contributed by atoms with Crippen LogP contribution in [-0.4, -0.2) is 14.5 Å². The van der Waals surface area contributed by atoms with Crippen LogP contribution >= 0.6 is 0 Å². The minimum Gasteiger partial charge on any atom is -0.352 e. The molecule has 0 aromatic carbocycles. The number of pyridine rings is 1. The summed E-state index contributed by atoms with van der Waals surface area (Å²) in [7, 11) is 0. The van der Waals surface area contributed by atoms with Crippen LogP contribution in [0.25, 0.3) is 0 Å². The van der Waals surface area contributed by atoms with Gasteiger partial charge in [-0.3, -0.25) is 4.98 Å². The fourth-order valence-corrected chi connectivity index (χ4v) is 1.72. The van der Waals surface area contributed by atoms with Crippen molar-refractivity contribution in [3.8, 4) is 0 Å². The fraction of sp³-hybridized carbons (Fsp3) is 0.385. The second kappa shape index (κ2) is 4.99. The normalized spacial score (nSPS) is 10.8. The summed E-state index contributed by atoms with van der Waals surface area (Å²) >= 11 is 0. The first-order chi connectivity index (χ1) is 8.16. The largest absolute Gasteiger partial charge is 0.352 e. The first-order valence-corrected chi connectivity index (χ1v) is 5.85. The molecule has 4 heteroatoms. The summed E-state index contributed by atoms with van der Waals surface area (Å²) in [5, 5.41) is 3.36. The Bertz CT molecular complexity index is 473. The number of hydrogen-bond donors (Lipinski definition) is 1. The Balaban J connectivity index is 2.09. The van der Waals surface area contributed by atoms with E-state index in [-0.39, 0.29) is 0 Å². The van der Waals surface area contributed by atoms with Crippen LogP contribution in [0.1, 0.15) is 31.1 Å². The van der Waals surface area contributed by atoms with Gasteiger partial charge < -0.3 is 9.88 Å². The number of nitrogens with one attached hydrogen (secondary N) is 1. The molecule has 0 radical (unpaired) electrons. The maximum atomic E-state index is 4.48. The summed E-state index contributed by atoms with van der Waals surface area (Å²) in [6.07, 6.45) is 5.67. The zero-order chi connectivity index (χ0) is 12.3. The predicted octanol–water partition coefficient (Wildman–Crippen LogP) is 2.78. The number of nitrogens with zero attached hydrogens (tertiary/aromatic N) is 3. The van der Waals surface area contributed by atoms with E-state index in [1.807, 2.05) is 19.1 Å². The first kappa shape index (κ1) is 11.6. The smallest absolute Gasteiger partial charge is 0.203 e. The van der Waals surface area contributed by atoms with Crippen LogP contribution in [0.5, 0.6) is 0 Å². The van der Waals surface area contributed by atoms with Crippen molar-refractivity contribution in [1.82, 2.24) is 14.5 Å². The lowest BCUT2D eigenvalue weighted by atomic mass is 10.3. The van der Waals surface area contributed by atoms with Gasteiger partial charge in [0.2, 0.25) is 5.95 Å². The Hall–Kier alpha value is -1.84. The van der Waals surface area contributed by atoms with Crippen LogP contribution in [0.4, 0.5) is 5.95 Å². The molecule has 0 amide bonds. The van der Waals surface area contributed by atoms with Gasteiger partial charge in [-0.25, -0.2) is 4.98 Å². The van der Waals surface area contributed by atoms with E-state index < -0.39 is 0 Å². The Morgan fingerprint density at radius 2 is 2.00 bits per heavy atom. The van der Waals surface area contributed by atoms with Gasteiger partial charge in [0.15, 0.2) is 0 Å². The van der Waals surface area contributed by atoms with Gasteiger partial charge in [0.25, 0.3) is 0 Å². The van der Waals surface area contributed by atoms with E-state index in [0.29, 0.717) is 6.04 Å². The molecule has 0 aliphatic heterocycles. The van der Waals surface area contributed by atoms with Crippen molar-refractivity contribution in [1.29, 1.82) is 0 Å². The van der Waals surface area contributed by atoms with Gasteiger partial charge in [0, 0.05) is 31.2 Å². The molecule has 1 N–H and O–H groups in total. The SMILES string of the molecule is Cc1cn(C(C)C)c(NCc2ccncc2)n1. The summed E-state index contributed by atoms with van der Waals surface area (Å²) in [6.45, 7) is 7.08. The molecule has 0 saturated carbocycles. The topological polar surface area (TPSA) is 42.7 Å². The maximum absolute atomic E-state index is 4.48. The Morgan fingerprint density at radius 1 is 1.29 bits per heavy atom. The molecule has 0 spiro atoms. The highest BCUT2D eigenvalue weighted by molar-refractivity contribution is 5.31. The van der Waals surface area contributed by atoms with Gasteiger partial charge in [-0.2, -0.15) is 0 Å². The van der Waals surface area contributed by atoms with E-state index in [1.54, 1.807) is 12.4 Å². The van der Waals surface area contributed by atoms with Gasteiger partial charge in [-0.15, -0.1) is 0 Å². The quantitative estimate of drug-likeness (QED) is 0.878. The van der Waals surface area contributed by atoms with Gasteiger partial charge in [0.1, 0.15) is 0 Å². The van der Waals surface area contributed by atoms with Crippen molar-refractivity contribution >= 4 is 5.95 Å². The molecule has 2 aromatic heterocycles. The van der Waals surface area contributed by atoms with Crippen LogP contribution in [-0.2, 0) is 6.54 Å². The molecule has 17 heavy (non-hydrogen) atoms. The molecule has 0 atom stereocenters. The molecule has 90 valence electrons. The number of hydrogen-bond acceptors (Lipinski definition) is 3. The monoisotopic (exact) mass is 230 g/mol. The average Bonchev–Trinajstić information content (AvgIpc) is 2.69. The highest BCUT2D eigenvalue weighted by Gasteiger charge is 2.07. The van der Waals surface area contributed by atoms with Crippen molar-refractivity contribution in [3.05, 3.63) is 42.0 Å². The third-order valence-corrected chi connectivity index (χ3v) is 2.61.